The summed E-state index contributed by atoms with van der Waals surface area (Å²) in [5.41, 5.74) is 6.34. The summed E-state index contributed by atoms with van der Waals surface area (Å²) in [6, 6.07) is 13.6. The molecule has 150 valence electrons. The molecular weight excluding hydrogens is 358 g/mol. The molecule has 0 aromatic heterocycles. The van der Waals surface area contributed by atoms with Crippen molar-refractivity contribution in [3.8, 4) is 17.2 Å². The van der Waals surface area contributed by atoms with Gasteiger partial charge in [-0.15, -0.1) is 0 Å². The van der Waals surface area contributed by atoms with Crippen LogP contribution in [0.2, 0.25) is 0 Å². The van der Waals surface area contributed by atoms with Crippen LogP contribution < -0.4 is 25.8 Å². The monoisotopic (exact) mass is 385 g/mol. The third kappa shape index (κ3) is 6.59. The Hall–Kier alpha value is -3.06. The minimum absolute atomic E-state index is 0.00554. The van der Waals surface area contributed by atoms with Gasteiger partial charge < -0.3 is 25.8 Å². The van der Waals surface area contributed by atoms with E-state index in [1.165, 1.54) is 0 Å². The second kappa shape index (κ2) is 10.3. The molecule has 2 amide bonds. The molecule has 4 N–H and O–H groups in total. The summed E-state index contributed by atoms with van der Waals surface area (Å²) in [5.74, 6) is 1.44. The number of carbonyl (C=O) groups is 2. The molecule has 0 spiro atoms. The Morgan fingerprint density at radius 1 is 0.964 bits per heavy atom. The minimum Gasteiger partial charge on any atom is -0.494 e. The van der Waals surface area contributed by atoms with Crippen molar-refractivity contribution in [1.82, 2.24) is 5.32 Å². The third-order valence-corrected chi connectivity index (χ3v) is 3.95. The van der Waals surface area contributed by atoms with Gasteiger partial charge in [0.1, 0.15) is 17.2 Å². The Morgan fingerprint density at radius 2 is 1.50 bits per heavy atom. The van der Waals surface area contributed by atoms with Crippen molar-refractivity contribution in [3.05, 3.63) is 48.5 Å². The molecule has 0 bridgehead atoms. The van der Waals surface area contributed by atoms with Crippen LogP contribution in [0.3, 0.4) is 0 Å². The second-order valence-corrected chi connectivity index (χ2v) is 6.57. The first-order chi connectivity index (χ1) is 13.4. The lowest BCUT2D eigenvalue weighted by molar-refractivity contribution is -0.125. The maximum Gasteiger partial charge on any atom is 0.243 e. The number of hydrogen-bond donors (Lipinski definition) is 3. The lowest BCUT2D eigenvalue weighted by Crippen LogP contribution is -2.46. The van der Waals surface area contributed by atoms with Crippen LogP contribution in [0.1, 0.15) is 20.8 Å². The van der Waals surface area contributed by atoms with Gasteiger partial charge in [0.15, 0.2) is 0 Å². The van der Waals surface area contributed by atoms with E-state index in [-0.39, 0.29) is 24.3 Å². The predicted octanol–water partition coefficient (Wildman–Crippen LogP) is 2.92. The van der Waals surface area contributed by atoms with E-state index in [2.05, 4.69) is 10.6 Å². The number of amides is 2. The fourth-order valence-electron chi connectivity index (χ4n) is 2.31. The lowest BCUT2D eigenvalue weighted by atomic mass is 10.1. The zero-order chi connectivity index (χ0) is 20.5. The number of nitrogens with two attached hydrogens (primary N) is 1. The van der Waals surface area contributed by atoms with Crippen molar-refractivity contribution < 1.29 is 19.1 Å². The molecule has 7 heteroatoms. The Labute approximate surface area is 165 Å². The van der Waals surface area contributed by atoms with E-state index in [0.717, 1.165) is 5.75 Å². The quantitative estimate of drug-likeness (QED) is 0.616. The van der Waals surface area contributed by atoms with Gasteiger partial charge in [-0.3, -0.25) is 9.59 Å². The Balaban J connectivity index is 1.83. The van der Waals surface area contributed by atoms with E-state index >= 15 is 0 Å². The number of carbonyl (C=O) groups excluding carboxylic acids is 2. The third-order valence-electron chi connectivity index (χ3n) is 3.95. The second-order valence-electron chi connectivity index (χ2n) is 6.57. The van der Waals surface area contributed by atoms with Gasteiger partial charge in [0, 0.05) is 5.69 Å². The number of ether oxygens (including phenoxy) is 2. The van der Waals surface area contributed by atoms with Crippen molar-refractivity contribution in [2.45, 2.75) is 26.8 Å². The van der Waals surface area contributed by atoms with Crippen LogP contribution >= 0.6 is 0 Å². The van der Waals surface area contributed by atoms with Crippen molar-refractivity contribution in [2.24, 2.45) is 11.7 Å². The van der Waals surface area contributed by atoms with Crippen LogP contribution in [-0.4, -0.2) is 31.0 Å². The van der Waals surface area contributed by atoms with Crippen LogP contribution in [-0.2, 0) is 9.59 Å². The number of hydrogen-bond acceptors (Lipinski definition) is 5. The van der Waals surface area contributed by atoms with Crippen LogP contribution in [0.15, 0.2) is 48.5 Å². The highest BCUT2D eigenvalue weighted by molar-refractivity contribution is 5.95. The number of rotatable bonds is 9. The van der Waals surface area contributed by atoms with Crippen LogP contribution in [0.5, 0.6) is 17.2 Å². The summed E-state index contributed by atoms with van der Waals surface area (Å²) in [4.78, 5) is 23.7. The van der Waals surface area contributed by atoms with E-state index in [1.807, 2.05) is 45.0 Å². The first-order valence-corrected chi connectivity index (χ1v) is 9.23. The molecule has 0 saturated heterocycles. The molecule has 0 aliphatic rings. The molecule has 0 saturated carbocycles. The van der Waals surface area contributed by atoms with Gasteiger partial charge in [-0.1, -0.05) is 13.8 Å². The summed E-state index contributed by atoms with van der Waals surface area (Å²) >= 11 is 0. The molecule has 0 aliphatic carbocycles. The van der Waals surface area contributed by atoms with Gasteiger partial charge in [0.25, 0.3) is 0 Å². The number of nitrogens with one attached hydrogen (secondary N) is 2. The molecule has 0 radical (unpaired) electrons. The summed E-state index contributed by atoms with van der Waals surface area (Å²) in [5, 5.41) is 5.24. The van der Waals surface area contributed by atoms with Crippen molar-refractivity contribution in [2.75, 3.05) is 18.5 Å². The van der Waals surface area contributed by atoms with Crippen molar-refractivity contribution in [1.29, 1.82) is 0 Å². The van der Waals surface area contributed by atoms with Crippen LogP contribution in [0.25, 0.3) is 0 Å². The smallest absolute Gasteiger partial charge is 0.243 e. The van der Waals surface area contributed by atoms with E-state index in [1.54, 1.807) is 24.3 Å². The van der Waals surface area contributed by atoms with E-state index < -0.39 is 6.04 Å². The first kappa shape index (κ1) is 21.2. The number of anilines is 1. The fourth-order valence-corrected chi connectivity index (χ4v) is 2.31. The van der Waals surface area contributed by atoms with Gasteiger partial charge in [-0.2, -0.15) is 0 Å². The molecule has 0 aliphatic heterocycles. The van der Waals surface area contributed by atoms with Crippen LogP contribution in [0.4, 0.5) is 5.69 Å². The molecule has 7 nitrogen and oxygen atoms in total. The summed E-state index contributed by atoms with van der Waals surface area (Å²) in [6.07, 6.45) is 0. The maximum absolute atomic E-state index is 12.0. The van der Waals surface area contributed by atoms with Gasteiger partial charge in [-0.25, -0.2) is 0 Å². The van der Waals surface area contributed by atoms with Gasteiger partial charge in [0.2, 0.25) is 11.8 Å². The Bertz CT molecular complexity index is 773. The average molecular weight is 385 g/mol. The van der Waals surface area contributed by atoms with Crippen molar-refractivity contribution in [3.63, 3.8) is 0 Å². The Kier molecular flexibility index (Phi) is 7.83. The van der Waals surface area contributed by atoms with E-state index in [4.69, 9.17) is 15.2 Å². The van der Waals surface area contributed by atoms with Gasteiger partial charge >= 0.3 is 0 Å². The average Bonchev–Trinajstić information content (AvgIpc) is 2.68. The highest BCUT2D eigenvalue weighted by Gasteiger charge is 2.17. The predicted molar refractivity (Wildman–Crippen MR) is 109 cm³/mol. The van der Waals surface area contributed by atoms with Gasteiger partial charge in [-0.05, 0) is 61.4 Å². The zero-order valence-corrected chi connectivity index (χ0v) is 16.4. The van der Waals surface area contributed by atoms with Crippen molar-refractivity contribution >= 4 is 17.5 Å². The lowest BCUT2D eigenvalue weighted by Gasteiger charge is -2.15. The first-order valence-electron chi connectivity index (χ1n) is 9.23. The molecule has 2 aromatic carbocycles. The maximum atomic E-state index is 12.0. The normalized spacial score (nSPS) is 11.6. The zero-order valence-electron chi connectivity index (χ0n) is 16.4. The highest BCUT2D eigenvalue weighted by Crippen LogP contribution is 2.25. The Morgan fingerprint density at radius 3 is 2.04 bits per heavy atom. The molecule has 0 unspecified atom stereocenters. The molecule has 0 fully saturated rings. The van der Waals surface area contributed by atoms with E-state index in [0.29, 0.717) is 23.8 Å². The standard InChI is InChI=1S/C21H27N3O4/c1-4-27-16-9-11-18(12-10-16)28-17-7-5-15(6-8-17)24-19(25)13-23-21(26)20(22)14(2)3/h5-12,14,20H,4,13,22H2,1-3H3,(H,23,26)(H,24,25)/t20-/m0/s1. The van der Waals surface area contributed by atoms with Gasteiger partial charge in [0.05, 0.1) is 19.2 Å². The molecule has 2 rings (SSSR count). The number of benzene rings is 2. The minimum atomic E-state index is -0.633. The molecule has 1 atom stereocenters. The topological polar surface area (TPSA) is 103 Å². The highest BCUT2D eigenvalue weighted by atomic mass is 16.5. The van der Waals surface area contributed by atoms with Crippen LogP contribution in [0, 0.1) is 5.92 Å². The molecule has 28 heavy (non-hydrogen) atoms. The molecule has 0 heterocycles. The molecule has 2 aromatic rings. The largest absolute Gasteiger partial charge is 0.494 e. The fraction of sp³-hybridized carbons (Fsp3) is 0.333. The summed E-state index contributed by atoms with van der Waals surface area (Å²) in [6.45, 7) is 6.10. The summed E-state index contributed by atoms with van der Waals surface area (Å²) < 4.78 is 11.2. The summed E-state index contributed by atoms with van der Waals surface area (Å²) in [7, 11) is 0. The molecular formula is C21H27N3O4. The van der Waals surface area contributed by atoms with E-state index in [9.17, 15) is 9.59 Å². The SMILES string of the molecule is CCOc1ccc(Oc2ccc(NC(=O)CNC(=O)[C@@H](N)C(C)C)cc2)cc1.